The van der Waals surface area contributed by atoms with Gasteiger partial charge in [-0.15, -0.1) is 11.3 Å². The number of Topliss-reactive ketones (excluding diaryl/α,β-unsaturated/α-hetero) is 1. The van der Waals surface area contributed by atoms with Crippen molar-refractivity contribution in [2.45, 2.75) is 32.2 Å². The van der Waals surface area contributed by atoms with Gasteiger partial charge in [0.2, 0.25) is 0 Å². The van der Waals surface area contributed by atoms with Crippen LogP contribution in [0, 0.1) is 0 Å². The summed E-state index contributed by atoms with van der Waals surface area (Å²) in [5.74, 6) is 0.275. The number of ketones is 1. The van der Waals surface area contributed by atoms with E-state index < -0.39 is 0 Å². The van der Waals surface area contributed by atoms with E-state index >= 15 is 0 Å². The van der Waals surface area contributed by atoms with Crippen LogP contribution in [0.1, 0.15) is 35.9 Å². The van der Waals surface area contributed by atoms with Crippen molar-refractivity contribution in [2.75, 3.05) is 26.2 Å². The number of nitrogens with zero attached hydrogens (tertiary/aromatic N) is 1. The third-order valence-electron chi connectivity index (χ3n) is 3.48. The Kier molecular flexibility index (Phi) is 5.35. The Balaban J connectivity index is 1.94. The highest BCUT2D eigenvalue weighted by atomic mass is 32.1. The number of carbonyl (C=O) groups is 1. The van der Waals surface area contributed by atoms with E-state index in [9.17, 15) is 4.79 Å². The van der Waals surface area contributed by atoms with Gasteiger partial charge in [-0.05, 0) is 50.3 Å². The van der Waals surface area contributed by atoms with E-state index in [1.165, 1.54) is 0 Å². The average Bonchev–Trinajstić information content (AvgIpc) is 2.93. The predicted octanol–water partition coefficient (Wildman–Crippen LogP) is 2.39. The second-order valence-corrected chi connectivity index (χ2v) is 5.80. The number of hydrogen-bond donors (Lipinski definition) is 1. The lowest BCUT2D eigenvalue weighted by Crippen LogP contribution is -2.45. The van der Waals surface area contributed by atoms with Gasteiger partial charge in [0.15, 0.2) is 5.78 Å². The molecule has 1 N–H and O–H groups in total. The molecular formula is C14H22N2OS. The van der Waals surface area contributed by atoms with Crippen LogP contribution in [0.25, 0.3) is 0 Å². The average molecular weight is 266 g/mol. The zero-order valence-electron chi connectivity index (χ0n) is 11.0. The van der Waals surface area contributed by atoms with Gasteiger partial charge in [-0.25, -0.2) is 0 Å². The molecule has 2 heterocycles. The first-order valence-corrected chi connectivity index (χ1v) is 7.70. The Morgan fingerprint density at radius 2 is 2.28 bits per heavy atom. The van der Waals surface area contributed by atoms with Crippen molar-refractivity contribution in [3.63, 3.8) is 0 Å². The summed E-state index contributed by atoms with van der Waals surface area (Å²) in [4.78, 5) is 15.5. The maximum absolute atomic E-state index is 12.2. The number of thiophene rings is 1. The second-order valence-electron chi connectivity index (χ2n) is 4.85. The van der Waals surface area contributed by atoms with Crippen molar-refractivity contribution in [3.05, 3.63) is 22.4 Å². The number of piperidine rings is 1. The Morgan fingerprint density at radius 1 is 1.50 bits per heavy atom. The van der Waals surface area contributed by atoms with Crippen molar-refractivity contribution >= 4 is 17.1 Å². The Morgan fingerprint density at radius 3 is 2.89 bits per heavy atom. The molecule has 1 fully saturated rings. The van der Waals surface area contributed by atoms with Gasteiger partial charge in [-0.3, -0.25) is 9.69 Å². The Hall–Kier alpha value is -0.710. The van der Waals surface area contributed by atoms with Crippen molar-refractivity contribution in [2.24, 2.45) is 0 Å². The van der Waals surface area contributed by atoms with Crippen LogP contribution in [0.4, 0.5) is 0 Å². The van der Waals surface area contributed by atoms with E-state index in [2.05, 4.69) is 17.1 Å². The molecular weight excluding hydrogens is 244 g/mol. The molecule has 4 heteroatoms. The minimum absolute atomic E-state index is 0.275. The van der Waals surface area contributed by atoms with Gasteiger partial charge in [0, 0.05) is 6.04 Å². The van der Waals surface area contributed by atoms with Crippen LogP contribution >= 0.6 is 11.3 Å². The van der Waals surface area contributed by atoms with Crippen molar-refractivity contribution in [1.82, 2.24) is 10.2 Å². The molecule has 0 atom stereocenters. The number of carbonyl (C=O) groups excluding carboxylic acids is 1. The number of rotatable bonds is 6. The fraction of sp³-hybridized carbons (Fsp3) is 0.643. The van der Waals surface area contributed by atoms with Crippen LogP contribution in [0.5, 0.6) is 0 Å². The molecule has 0 aromatic carbocycles. The monoisotopic (exact) mass is 266 g/mol. The number of hydrogen-bond acceptors (Lipinski definition) is 4. The van der Waals surface area contributed by atoms with Crippen LogP contribution in [0.2, 0.25) is 0 Å². The van der Waals surface area contributed by atoms with Gasteiger partial charge in [0.25, 0.3) is 0 Å². The summed E-state index contributed by atoms with van der Waals surface area (Å²) in [6, 6.07) is 4.46. The van der Waals surface area contributed by atoms with E-state index in [-0.39, 0.29) is 5.78 Å². The van der Waals surface area contributed by atoms with Crippen molar-refractivity contribution in [3.8, 4) is 0 Å². The number of nitrogens with one attached hydrogen (secondary N) is 1. The molecule has 100 valence electrons. The first-order valence-electron chi connectivity index (χ1n) is 6.82. The molecule has 2 rings (SSSR count). The van der Waals surface area contributed by atoms with Crippen LogP contribution in [-0.4, -0.2) is 42.9 Å². The molecule has 0 bridgehead atoms. The zero-order chi connectivity index (χ0) is 12.8. The third-order valence-corrected chi connectivity index (χ3v) is 4.39. The summed E-state index contributed by atoms with van der Waals surface area (Å²) in [6.45, 7) is 5.96. The minimum atomic E-state index is 0.275. The van der Waals surface area contributed by atoms with Gasteiger partial charge >= 0.3 is 0 Å². The van der Waals surface area contributed by atoms with E-state index in [0.29, 0.717) is 12.6 Å². The summed E-state index contributed by atoms with van der Waals surface area (Å²) in [5, 5.41) is 5.36. The molecule has 1 aliphatic rings. The summed E-state index contributed by atoms with van der Waals surface area (Å²) in [6.07, 6.45) is 3.44. The molecule has 0 unspecified atom stereocenters. The maximum atomic E-state index is 12.2. The third kappa shape index (κ3) is 3.64. The van der Waals surface area contributed by atoms with Gasteiger partial charge in [-0.2, -0.15) is 0 Å². The zero-order valence-corrected chi connectivity index (χ0v) is 11.8. The van der Waals surface area contributed by atoms with Crippen LogP contribution in [0.3, 0.4) is 0 Å². The summed E-state index contributed by atoms with van der Waals surface area (Å²) >= 11 is 1.55. The normalized spacial score (nSPS) is 17.2. The minimum Gasteiger partial charge on any atom is -0.317 e. The Bertz CT molecular complexity index is 358. The smallest absolute Gasteiger partial charge is 0.186 e. The highest BCUT2D eigenvalue weighted by Gasteiger charge is 2.22. The van der Waals surface area contributed by atoms with E-state index in [1.54, 1.807) is 11.3 Å². The lowest BCUT2D eigenvalue weighted by Gasteiger charge is -2.33. The molecule has 1 aliphatic heterocycles. The lowest BCUT2D eigenvalue weighted by atomic mass is 10.0. The Labute approximate surface area is 113 Å². The molecule has 1 aromatic rings. The maximum Gasteiger partial charge on any atom is 0.186 e. The fourth-order valence-corrected chi connectivity index (χ4v) is 3.21. The molecule has 18 heavy (non-hydrogen) atoms. The first kappa shape index (κ1) is 13.7. The summed E-state index contributed by atoms with van der Waals surface area (Å²) in [5.41, 5.74) is 0. The molecule has 0 radical (unpaired) electrons. The second kappa shape index (κ2) is 7.02. The molecule has 0 aliphatic carbocycles. The fourth-order valence-electron chi connectivity index (χ4n) is 2.55. The van der Waals surface area contributed by atoms with E-state index in [0.717, 1.165) is 43.8 Å². The van der Waals surface area contributed by atoms with Gasteiger partial charge in [-0.1, -0.05) is 13.0 Å². The van der Waals surface area contributed by atoms with Gasteiger partial charge < -0.3 is 5.32 Å². The molecule has 0 spiro atoms. The standard InChI is InChI=1S/C14H22N2OS/c1-2-9-16(12-5-7-15-8-6-12)11-13(17)14-4-3-10-18-14/h3-4,10,12,15H,2,5-9,11H2,1H3. The topological polar surface area (TPSA) is 32.3 Å². The van der Waals surface area contributed by atoms with Gasteiger partial charge in [0.05, 0.1) is 11.4 Å². The van der Waals surface area contributed by atoms with Crippen molar-refractivity contribution < 1.29 is 4.79 Å². The lowest BCUT2D eigenvalue weighted by molar-refractivity contribution is 0.0869. The van der Waals surface area contributed by atoms with Crippen LogP contribution < -0.4 is 5.32 Å². The SMILES string of the molecule is CCCN(CC(=O)c1cccs1)C1CCNCC1. The van der Waals surface area contributed by atoms with E-state index in [4.69, 9.17) is 0 Å². The highest BCUT2D eigenvalue weighted by Crippen LogP contribution is 2.15. The summed E-state index contributed by atoms with van der Waals surface area (Å²) in [7, 11) is 0. The largest absolute Gasteiger partial charge is 0.317 e. The first-order chi connectivity index (χ1) is 8.81. The molecule has 3 nitrogen and oxygen atoms in total. The van der Waals surface area contributed by atoms with Gasteiger partial charge in [0.1, 0.15) is 0 Å². The molecule has 1 saturated heterocycles. The predicted molar refractivity (Wildman–Crippen MR) is 76.4 cm³/mol. The summed E-state index contributed by atoms with van der Waals surface area (Å²) < 4.78 is 0. The molecule has 1 aromatic heterocycles. The molecule has 0 saturated carbocycles. The quantitative estimate of drug-likeness (QED) is 0.803. The van der Waals surface area contributed by atoms with Crippen molar-refractivity contribution in [1.29, 1.82) is 0 Å². The highest BCUT2D eigenvalue weighted by molar-refractivity contribution is 7.12. The van der Waals surface area contributed by atoms with Crippen LogP contribution in [0.15, 0.2) is 17.5 Å². The molecule has 0 amide bonds. The van der Waals surface area contributed by atoms with E-state index in [1.807, 2.05) is 17.5 Å². The van der Waals surface area contributed by atoms with Crippen LogP contribution in [-0.2, 0) is 0 Å².